The molecule has 2 aliphatic carbocycles. The van der Waals surface area contributed by atoms with Crippen molar-refractivity contribution in [3.05, 3.63) is 41.7 Å². The summed E-state index contributed by atoms with van der Waals surface area (Å²) in [6.07, 6.45) is 16.4. The Morgan fingerprint density at radius 1 is 0.795 bits per heavy atom. The molecule has 3 aliphatic rings. The Labute approximate surface area is 233 Å². The van der Waals surface area contributed by atoms with Gasteiger partial charge >= 0.3 is 5.97 Å². The lowest BCUT2D eigenvalue weighted by molar-refractivity contribution is -0.142. The van der Waals surface area contributed by atoms with Crippen LogP contribution in [0.3, 0.4) is 0 Å². The number of ether oxygens (including phenoxy) is 1. The number of hydrogen-bond acceptors (Lipinski definition) is 8. The second-order valence-corrected chi connectivity index (χ2v) is 12.3. The van der Waals surface area contributed by atoms with E-state index in [0.29, 0.717) is 18.1 Å². The number of carbonyl (C=O) groups is 1. The highest BCUT2D eigenvalue weighted by Gasteiger charge is 2.29. The van der Waals surface area contributed by atoms with Gasteiger partial charge in [-0.05, 0) is 56.9 Å². The highest BCUT2D eigenvalue weighted by molar-refractivity contribution is 7.14. The molecule has 3 heterocycles. The maximum atomic E-state index is 11.2. The molecule has 1 aromatic carbocycles. The number of anilines is 1. The average molecular weight is 548 g/mol. The fourth-order valence-corrected chi connectivity index (χ4v) is 7.23. The number of piperidine rings is 1. The number of nitrogens with zero attached hydrogens (tertiary/aromatic N) is 5. The molecule has 3 fully saturated rings. The molecule has 1 aliphatic heterocycles. The summed E-state index contributed by atoms with van der Waals surface area (Å²) in [4.78, 5) is 22.9. The van der Waals surface area contributed by atoms with Crippen molar-refractivity contribution in [2.24, 2.45) is 5.92 Å². The first kappa shape index (κ1) is 26.3. The maximum absolute atomic E-state index is 11.2. The maximum Gasteiger partial charge on any atom is 0.306 e. The molecule has 3 aromatic rings. The molecule has 6 rings (SSSR count). The highest BCUT2D eigenvalue weighted by atomic mass is 32.1. The summed E-state index contributed by atoms with van der Waals surface area (Å²) in [7, 11) is 0. The van der Waals surface area contributed by atoms with E-state index >= 15 is 0 Å². The second-order valence-electron chi connectivity index (χ2n) is 11.3. The van der Waals surface area contributed by atoms with Crippen LogP contribution >= 0.6 is 11.3 Å². The minimum absolute atomic E-state index is 0.211. The van der Waals surface area contributed by atoms with Crippen LogP contribution in [0.4, 0.5) is 5.95 Å². The third kappa shape index (κ3) is 6.30. The molecular weight excluding hydrogens is 510 g/mol. The summed E-state index contributed by atoms with van der Waals surface area (Å²) in [5, 5.41) is 20.0. The van der Waals surface area contributed by atoms with Crippen molar-refractivity contribution in [3.8, 4) is 21.7 Å². The fourth-order valence-electron chi connectivity index (χ4n) is 6.21. The van der Waals surface area contributed by atoms with E-state index in [9.17, 15) is 9.90 Å². The summed E-state index contributed by atoms with van der Waals surface area (Å²) in [6.45, 7) is 1.88. The van der Waals surface area contributed by atoms with E-state index in [-0.39, 0.29) is 5.92 Å². The van der Waals surface area contributed by atoms with E-state index < -0.39 is 5.97 Å². The number of aromatic nitrogens is 4. The van der Waals surface area contributed by atoms with Crippen molar-refractivity contribution >= 4 is 23.3 Å². The van der Waals surface area contributed by atoms with Crippen LogP contribution in [0.25, 0.3) is 21.7 Å². The average Bonchev–Trinajstić information content (AvgIpc) is 3.49. The van der Waals surface area contributed by atoms with Crippen LogP contribution in [0.5, 0.6) is 0 Å². The zero-order chi connectivity index (χ0) is 26.6. The van der Waals surface area contributed by atoms with Gasteiger partial charge in [-0.1, -0.05) is 54.9 Å². The summed E-state index contributed by atoms with van der Waals surface area (Å²) in [5.74, 6) is 0.227. The van der Waals surface area contributed by atoms with Crippen molar-refractivity contribution in [1.29, 1.82) is 0 Å². The number of hydrogen-bond donors (Lipinski definition) is 1. The van der Waals surface area contributed by atoms with Gasteiger partial charge in [0.05, 0.1) is 18.1 Å². The summed E-state index contributed by atoms with van der Waals surface area (Å²) < 4.78 is 6.38. The Morgan fingerprint density at radius 3 is 2.10 bits per heavy atom. The molecular formula is C30H37N5O3S. The molecule has 2 saturated carbocycles. The standard InChI is InChI=1S/C30H37N5O3S/c36-29(37)23-12-10-22(11-13-23)28-34-33-27(39-28)21-8-6-20(7-9-21)24-18-31-30(32-19-24)35-16-14-26(15-17-35)38-25-4-2-1-3-5-25/h6-9,18-19,22-23,25-26H,1-5,10-17H2,(H,36,37). The van der Waals surface area contributed by atoms with Crippen LogP contribution in [0.1, 0.15) is 81.6 Å². The first-order chi connectivity index (χ1) is 19.1. The lowest BCUT2D eigenvalue weighted by Gasteiger charge is -2.34. The smallest absolute Gasteiger partial charge is 0.306 e. The van der Waals surface area contributed by atoms with Gasteiger partial charge in [-0.3, -0.25) is 4.79 Å². The Morgan fingerprint density at radius 2 is 1.44 bits per heavy atom. The van der Waals surface area contributed by atoms with Gasteiger partial charge in [0.15, 0.2) is 0 Å². The number of carboxylic acids is 1. The first-order valence-corrected chi connectivity index (χ1v) is 15.3. The Bertz CT molecular complexity index is 1230. The van der Waals surface area contributed by atoms with Gasteiger partial charge < -0.3 is 14.7 Å². The van der Waals surface area contributed by atoms with E-state index in [0.717, 1.165) is 84.3 Å². The zero-order valence-electron chi connectivity index (χ0n) is 22.4. The number of rotatable bonds is 7. The van der Waals surface area contributed by atoms with Gasteiger partial charge in [-0.2, -0.15) is 0 Å². The predicted molar refractivity (Wildman–Crippen MR) is 152 cm³/mol. The lowest BCUT2D eigenvalue weighted by atomic mass is 9.82. The van der Waals surface area contributed by atoms with Crippen molar-refractivity contribution in [2.45, 2.75) is 88.8 Å². The van der Waals surface area contributed by atoms with E-state index in [1.54, 1.807) is 11.3 Å². The molecule has 0 amide bonds. The van der Waals surface area contributed by atoms with E-state index in [1.807, 2.05) is 12.4 Å². The number of aliphatic carboxylic acids is 1. The molecule has 0 radical (unpaired) electrons. The van der Waals surface area contributed by atoms with Gasteiger partial charge in [-0.15, -0.1) is 10.2 Å². The number of carboxylic acid groups (broad SMARTS) is 1. The van der Waals surface area contributed by atoms with Gasteiger partial charge in [0.25, 0.3) is 0 Å². The molecule has 2 aromatic heterocycles. The topological polar surface area (TPSA) is 101 Å². The van der Waals surface area contributed by atoms with Crippen LogP contribution in [-0.4, -0.2) is 56.5 Å². The minimum Gasteiger partial charge on any atom is -0.481 e. The van der Waals surface area contributed by atoms with Crippen molar-refractivity contribution < 1.29 is 14.6 Å². The van der Waals surface area contributed by atoms with Gasteiger partial charge in [0, 0.05) is 42.5 Å². The van der Waals surface area contributed by atoms with Crippen LogP contribution in [-0.2, 0) is 9.53 Å². The lowest BCUT2D eigenvalue weighted by Crippen LogP contribution is -2.39. The largest absolute Gasteiger partial charge is 0.481 e. The quantitative estimate of drug-likeness (QED) is 0.366. The molecule has 0 bridgehead atoms. The molecule has 1 saturated heterocycles. The normalized spacial score (nSPS) is 23.1. The molecule has 0 atom stereocenters. The molecule has 39 heavy (non-hydrogen) atoms. The summed E-state index contributed by atoms with van der Waals surface area (Å²) in [6, 6.07) is 8.32. The van der Waals surface area contributed by atoms with Crippen LogP contribution < -0.4 is 4.90 Å². The summed E-state index contributed by atoms with van der Waals surface area (Å²) >= 11 is 1.62. The molecule has 8 nitrogen and oxygen atoms in total. The Balaban J connectivity index is 1.03. The van der Waals surface area contributed by atoms with E-state index in [4.69, 9.17) is 4.74 Å². The van der Waals surface area contributed by atoms with E-state index in [2.05, 4.69) is 49.3 Å². The highest BCUT2D eigenvalue weighted by Crippen LogP contribution is 2.39. The second kappa shape index (κ2) is 12.1. The SMILES string of the molecule is O=C(O)C1CCC(c2nnc(-c3ccc(-c4cnc(N5CCC(OC6CCCCC6)CC5)nc4)cc3)s2)CC1. The monoisotopic (exact) mass is 547 g/mol. The molecule has 0 spiro atoms. The third-order valence-corrected chi connectivity index (χ3v) is 9.77. The molecule has 0 unspecified atom stereocenters. The Hall–Kier alpha value is -2.91. The van der Waals surface area contributed by atoms with Gasteiger partial charge in [0.2, 0.25) is 5.95 Å². The predicted octanol–water partition coefficient (Wildman–Crippen LogP) is 6.34. The van der Waals surface area contributed by atoms with Crippen molar-refractivity contribution in [2.75, 3.05) is 18.0 Å². The van der Waals surface area contributed by atoms with Crippen LogP contribution in [0, 0.1) is 5.92 Å². The number of benzene rings is 1. The van der Waals surface area contributed by atoms with Gasteiger partial charge in [-0.25, -0.2) is 9.97 Å². The van der Waals surface area contributed by atoms with E-state index in [1.165, 1.54) is 32.1 Å². The van der Waals surface area contributed by atoms with Crippen molar-refractivity contribution in [1.82, 2.24) is 20.2 Å². The summed E-state index contributed by atoms with van der Waals surface area (Å²) in [5.41, 5.74) is 3.10. The van der Waals surface area contributed by atoms with Crippen LogP contribution in [0.15, 0.2) is 36.7 Å². The van der Waals surface area contributed by atoms with Gasteiger partial charge in [0.1, 0.15) is 10.0 Å². The third-order valence-electron chi connectivity index (χ3n) is 8.63. The minimum atomic E-state index is -0.675. The molecule has 9 heteroatoms. The molecule has 206 valence electrons. The fraction of sp³-hybridized carbons (Fsp3) is 0.567. The Kier molecular flexibility index (Phi) is 8.16. The van der Waals surface area contributed by atoms with Crippen LogP contribution in [0.2, 0.25) is 0 Å². The molecule has 1 N–H and O–H groups in total. The zero-order valence-corrected chi connectivity index (χ0v) is 23.2. The first-order valence-electron chi connectivity index (χ1n) is 14.5. The van der Waals surface area contributed by atoms with Crippen molar-refractivity contribution in [3.63, 3.8) is 0 Å².